The van der Waals surface area contributed by atoms with Gasteiger partial charge in [0.2, 0.25) is 5.91 Å². The molecule has 1 saturated heterocycles. The van der Waals surface area contributed by atoms with Crippen molar-refractivity contribution >= 4 is 5.91 Å². The molecule has 2 N–H and O–H groups in total. The largest absolute Gasteiger partial charge is 0.370 e. The number of rotatable bonds is 4. The molecule has 0 aromatic heterocycles. The van der Waals surface area contributed by atoms with E-state index in [9.17, 15) is 4.79 Å². The molecule has 0 aliphatic carbocycles. The molecule has 0 aromatic carbocycles. The average molecular weight is 214 g/mol. The highest BCUT2D eigenvalue weighted by Crippen LogP contribution is 2.22. The topological polar surface area (TPSA) is 55.6 Å². The Kier molecular flexibility index (Phi) is 5.05. The molecule has 0 bridgehead atoms. The molecule has 1 rings (SSSR count). The van der Waals surface area contributed by atoms with E-state index in [1.54, 1.807) is 0 Å². The Balaban J connectivity index is 2.28. The van der Waals surface area contributed by atoms with E-state index in [0.29, 0.717) is 19.1 Å². The second-order valence-electron chi connectivity index (χ2n) is 4.42. The van der Waals surface area contributed by atoms with E-state index in [2.05, 4.69) is 13.8 Å². The number of carbonyl (C=O) groups is 1. The van der Waals surface area contributed by atoms with Gasteiger partial charge in [0.05, 0.1) is 6.61 Å². The summed E-state index contributed by atoms with van der Waals surface area (Å²) in [5.74, 6) is 1.42. The summed E-state index contributed by atoms with van der Waals surface area (Å²) in [5, 5.41) is 0. The minimum Gasteiger partial charge on any atom is -0.370 e. The average Bonchev–Trinajstić information content (AvgIpc) is 2.22. The molecule has 4 nitrogen and oxygen atoms in total. The first kappa shape index (κ1) is 12.5. The Bertz CT molecular complexity index is 209. The molecule has 1 aliphatic heterocycles. The summed E-state index contributed by atoms with van der Waals surface area (Å²) < 4.78 is 5.14. The van der Waals surface area contributed by atoms with E-state index in [1.165, 1.54) is 0 Å². The van der Waals surface area contributed by atoms with Crippen LogP contribution in [0.5, 0.6) is 0 Å². The standard InChI is InChI=1S/C11H22N2O2/c1-9-3-5-13(7-10(9)2)11(14)8-15-6-4-12/h9-10H,3-8,12H2,1-2H3. The van der Waals surface area contributed by atoms with E-state index in [1.807, 2.05) is 4.90 Å². The summed E-state index contributed by atoms with van der Waals surface area (Å²) in [7, 11) is 0. The van der Waals surface area contributed by atoms with Gasteiger partial charge in [-0.3, -0.25) is 4.79 Å². The fourth-order valence-corrected chi connectivity index (χ4v) is 1.82. The lowest BCUT2D eigenvalue weighted by molar-refractivity contribution is -0.138. The molecule has 88 valence electrons. The Morgan fingerprint density at radius 3 is 2.80 bits per heavy atom. The number of piperidine rings is 1. The summed E-state index contributed by atoms with van der Waals surface area (Å²) >= 11 is 0. The van der Waals surface area contributed by atoms with Gasteiger partial charge in [-0.25, -0.2) is 0 Å². The van der Waals surface area contributed by atoms with Gasteiger partial charge >= 0.3 is 0 Å². The molecule has 1 fully saturated rings. The van der Waals surface area contributed by atoms with Crippen molar-refractivity contribution in [3.63, 3.8) is 0 Å². The van der Waals surface area contributed by atoms with Gasteiger partial charge in [0.15, 0.2) is 0 Å². The number of likely N-dealkylation sites (tertiary alicyclic amines) is 1. The molecule has 2 atom stereocenters. The normalized spacial score (nSPS) is 26.7. The van der Waals surface area contributed by atoms with E-state index in [0.717, 1.165) is 25.4 Å². The van der Waals surface area contributed by atoms with Gasteiger partial charge < -0.3 is 15.4 Å². The lowest BCUT2D eigenvalue weighted by atomic mass is 9.89. The van der Waals surface area contributed by atoms with Crippen LogP contribution in [0, 0.1) is 11.8 Å². The molecular weight excluding hydrogens is 192 g/mol. The summed E-state index contributed by atoms with van der Waals surface area (Å²) in [6.07, 6.45) is 1.10. The van der Waals surface area contributed by atoms with Gasteiger partial charge in [-0.05, 0) is 18.3 Å². The Labute approximate surface area is 91.8 Å². The number of ether oxygens (including phenoxy) is 1. The molecule has 0 spiro atoms. The predicted octanol–water partition coefficient (Wildman–Crippen LogP) is 0.466. The summed E-state index contributed by atoms with van der Waals surface area (Å²) in [6, 6.07) is 0. The summed E-state index contributed by atoms with van der Waals surface area (Å²) in [4.78, 5) is 13.6. The SMILES string of the molecule is CC1CCN(C(=O)COCCN)CC1C. The highest BCUT2D eigenvalue weighted by molar-refractivity contribution is 5.77. The van der Waals surface area contributed by atoms with Gasteiger partial charge in [-0.1, -0.05) is 13.8 Å². The first-order valence-corrected chi connectivity index (χ1v) is 5.70. The summed E-state index contributed by atoms with van der Waals surface area (Å²) in [6.45, 7) is 7.30. The van der Waals surface area contributed by atoms with Gasteiger partial charge in [0.25, 0.3) is 0 Å². The highest BCUT2D eigenvalue weighted by Gasteiger charge is 2.25. The maximum atomic E-state index is 11.7. The van der Waals surface area contributed by atoms with E-state index < -0.39 is 0 Å². The van der Waals surface area contributed by atoms with Gasteiger partial charge in [-0.2, -0.15) is 0 Å². The van der Waals surface area contributed by atoms with Crippen molar-refractivity contribution in [1.29, 1.82) is 0 Å². The molecule has 0 aromatic rings. The Morgan fingerprint density at radius 1 is 1.47 bits per heavy atom. The third-order valence-corrected chi connectivity index (χ3v) is 3.17. The minimum absolute atomic E-state index is 0.0993. The Hall–Kier alpha value is -0.610. The smallest absolute Gasteiger partial charge is 0.248 e. The fourth-order valence-electron chi connectivity index (χ4n) is 1.82. The number of nitrogens with zero attached hydrogens (tertiary/aromatic N) is 1. The number of hydrogen-bond donors (Lipinski definition) is 1. The van der Waals surface area contributed by atoms with Crippen LogP contribution < -0.4 is 5.73 Å². The molecule has 1 heterocycles. The van der Waals surface area contributed by atoms with Crippen molar-refractivity contribution in [2.75, 3.05) is 32.8 Å². The van der Waals surface area contributed by atoms with Crippen LogP contribution in [0.4, 0.5) is 0 Å². The second kappa shape index (κ2) is 6.08. The van der Waals surface area contributed by atoms with Crippen LogP contribution in [0.3, 0.4) is 0 Å². The molecular formula is C11H22N2O2. The fraction of sp³-hybridized carbons (Fsp3) is 0.909. The minimum atomic E-state index is 0.0993. The van der Waals surface area contributed by atoms with Crippen LogP contribution in [0.2, 0.25) is 0 Å². The van der Waals surface area contributed by atoms with E-state index in [4.69, 9.17) is 10.5 Å². The molecule has 0 saturated carbocycles. The van der Waals surface area contributed by atoms with Crippen molar-refractivity contribution in [3.05, 3.63) is 0 Å². The zero-order chi connectivity index (χ0) is 11.3. The third-order valence-electron chi connectivity index (χ3n) is 3.17. The van der Waals surface area contributed by atoms with Crippen molar-refractivity contribution < 1.29 is 9.53 Å². The lowest BCUT2D eigenvalue weighted by Crippen LogP contribution is -2.43. The van der Waals surface area contributed by atoms with Crippen LogP contribution in [0.1, 0.15) is 20.3 Å². The number of amides is 1. The maximum Gasteiger partial charge on any atom is 0.248 e. The quantitative estimate of drug-likeness (QED) is 0.692. The van der Waals surface area contributed by atoms with Crippen LogP contribution in [-0.2, 0) is 9.53 Å². The van der Waals surface area contributed by atoms with E-state index in [-0.39, 0.29) is 12.5 Å². The Morgan fingerprint density at radius 2 is 2.20 bits per heavy atom. The van der Waals surface area contributed by atoms with Gasteiger partial charge in [-0.15, -0.1) is 0 Å². The first-order chi connectivity index (χ1) is 7.15. The van der Waals surface area contributed by atoms with Gasteiger partial charge in [0, 0.05) is 19.6 Å². The molecule has 15 heavy (non-hydrogen) atoms. The summed E-state index contributed by atoms with van der Waals surface area (Å²) in [5.41, 5.74) is 5.28. The number of carbonyl (C=O) groups excluding carboxylic acids is 1. The van der Waals surface area contributed by atoms with Crippen LogP contribution in [-0.4, -0.2) is 43.7 Å². The molecule has 4 heteroatoms. The van der Waals surface area contributed by atoms with Crippen LogP contribution in [0.15, 0.2) is 0 Å². The highest BCUT2D eigenvalue weighted by atomic mass is 16.5. The van der Waals surface area contributed by atoms with Crippen molar-refractivity contribution in [2.45, 2.75) is 20.3 Å². The lowest BCUT2D eigenvalue weighted by Gasteiger charge is -2.35. The van der Waals surface area contributed by atoms with Crippen LogP contribution >= 0.6 is 0 Å². The molecule has 2 unspecified atom stereocenters. The number of nitrogens with two attached hydrogens (primary N) is 1. The third kappa shape index (κ3) is 3.80. The maximum absolute atomic E-state index is 11.7. The first-order valence-electron chi connectivity index (χ1n) is 5.70. The second-order valence-corrected chi connectivity index (χ2v) is 4.42. The monoisotopic (exact) mass is 214 g/mol. The zero-order valence-electron chi connectivity index (χ0n) is 9.74. The predicted molar refractivity (Wildman–Crippen MR) is 59.4 cm³/mol. The van der Waals surface area contributed by atoms with Crippen molar-refractivity contribution in [2.24, 2.45) is 17.6 Å². The molecule has 0 radical (unpaired) electrons. The molecule has 1 aliphatic rings. The van der Waals surface area contributed by atoms with Crippen molar-refractivity contribution in [3.8, 4) is 0 Å². The van der Waals surface area contributed by atoms with Crippen molar-refractivity contribution in [1.82, 2.24) is 4.90 Å². The molecule has 1 amide bonds. The van der Waals surface area contributed by atoms with Crippen LogP contribution in [0.25, 0.3) is 0 Å². The zero-order valence-corrected chi connectivity index (χ0v) is 9.74. The number of hydrogen-bond acceptors (Lipinski definition) is 3. The van der Waals surface area contributed by atoms with E-state index >= 15 is 0 Å². The van der Waals surface area contributed by atoms with Gasteiger partial charge in [0.1, 0.15) is 6.61 Å².